The number of rotatable bonds is 9. The van der Waals surface area contributed by atoms with Crippen molar-refractivity contribution in [2.75, 3.05) is 6.61 Å². The van der Waals surface area contributed by atoms with Crippen molar-refractivity contribution in [3.05, 3.63) is 59.7 Å². The number of esters is 1. The lowest BCUT2D eigenvalue weighted by Crippen LogP contribution is -2.16. The molecule has 1 unspecified atom stereocenters. The molecule has 2 rings (SSSR count). The Morgan fingerprint density at radius 3 is 1.92 bits per heavy atom. The number of carbonyl (C=O) groups excluding carboxylic acids is 2. The molecule has 2 aromatic carbocycles. The first-order chi connectivity index (χ1) is 12.5. The lowest BCUT2D eigenvalue weighted by molar-refractivity contribution is -0.138. The highest BCUT2D eigenvalue weighted by atomic mass is 16.5. The quantitative estimate of drug-likeness (QED) is 0.274. The molecule has 0 aliphatic rings. The molecule has 0 fully saturated rings. The van der Waals surface area contributed by atoms with E-state index < -0.39 is 0 Å². The van der Waals surface area contributed by atoms with E-state index in [1.807, 2.05) is 26.0 Å². The van der Waals surface area contributed by atoms with Crippen molar-refractivity contribution in [1.29, 1.82) is 0 Å². The maximum atomic E-state index is 12.6. The van der Waals surface area contributed by atoms with Crippen molar-refractivity contribution in [1.82, 2.24) is 0 Å². The molecule has 4 heteroatoms. The SMILES string of the molecule is CCCCOc1ccc(C(=O)c2ccc(OC(=O)C(C)CC)cc2)cc1. The zero-order valence-corrected chi connectivity index (χ0v) is 15.7. The van der Waals surface area contributed by atoms with E-state index in [1.165, 1.54) is 0 Å². The van der Waals surface area contributed by atoms with Gasteiger partial charge in [0.05, 0.1) is 12.5 Å². The van der Waals surface area contributed by atoms with E-state index >= 15 is 0 Å². The zero-order valence-electron chi connectivity index (χ0n) is 15.7. The van der Waals surface area contributed by atoms with E-state index in [0.29, 0.717) is 23.5 Å². The topological polar surface area (TPSA) is 52.6 Å². The summed E-state index contributed by atoms with van der Waals surface area (Å²) in [6, 6.07) is 13.8. The van der Waals surface area contributed by atoms with Gasteiger partial charge in [0.2, 0.25) is 0 Å². The second kappa shape index (κ2) is 9.76. The highest BCUT2D eigenvalue weighted by Crippen LogP contribution is 2.19. The summed E-state index contributed by atoms with van der Waals surface area (Å²) in [4.78, 5) is 24.4. The van der Waals surface area contributed by atoms with Crippen molar-refractivity contribution >= 4 is 11.8 Å². The van der Waals surface area contributed by atoms with Crippen LogP contribution >= 0.6 is 0 Å². The summed E-state index contributed by atoms with van der Waals surface area (Å²) in [5.74, 6) is 0.735. The van der Waals surface area contributed by atoms with Gasteiger partial charge in [-0.3, -0.25) is 9.59 Å². The fraction of sp³-hybridized carbons (Fsp3) is 0.364. The van der Waals surface area contributed by atoms with Crippen molar-refractivity contribution in [2.24, 2.45) is 5.92 Å². The smallest absolute Gasteiger partial charge is 0.314 e. The van der Waals surface area contributed by atoms with Crippen molar-refractivity contribution in [2.45, 2.75) is 40.0 Å². The van der Waals surface area contributed by atoms with E-state index in [9.17, 15) is 9.59 Å². The molecule has 4 nitrogen and oxygen atoms in total. The van der Waals surface area contributed by atoms with Gasteiger partial charge in [0.1, 0.15) is 11.5 Å². The molecule has 0 aliphatic heterocycles. The standard InChI is InChI=1S/C22H26O4/c1-4-6-15-25-19-11-7-17(8-12-19)21(23)18-9-13-20(14-10-18)26-22(24)16(3)5-2/h7-14,16H,4-6,15H2,1-3H3. The fourth-order valence-electron chi connectivity index (χ4n) is 2.26. The van der Waals surface area contributed by atoms with Gasteiger partial charge in [-0.2, -0.15) is 0 Å². The lowest BCUT2D eigenvalue weighted by Gasteiger charge is -2.09. The van der Waals surface area contributed by atoms with Crippen molar-refractivity contribution < 1.29 is 19.1 Å². The Labute approximate surface area is 155 Å². The van der Waals surface area contributed by atoms with Crippen LogP contribution in [0, 0.1) is 5.92 Å². The minimum absolute atomic E-state index is 0.0788. The minimum Gasteiger partial charge on any atom is -0.494 e. The summed E-state index contributed by atoms with van der Waals surface area (Å²) in [6.45, 7) is 6.56. The first-order valence-electron chi connectivity index (χ1n) is 9.14. The van der Waals surface area contributed by atoms with Gasteiger partial charge < -0.3 is 9.47 Å². The van der Waals surface area contributed by atoms with E-state index in [0.717, 1.165) is 25.0 Å². The Morgan fingerprint density at radius 1 is 0.885 bits per heavy atom. The summed E-state index contributed by atoms with van der Waals surface area (Å²) < 4.78 is 10.9. The van der Waals surface area contributed by atoms with Gasteiger partial charge in [-0.15, -0.1) is 0 Å². The molecule has 0 heterocycles. The highest BCUT2D eigenvalue weighted by molar-refractivity contribution is 6.09. The number of benzene rings is 2. The van der Waals surface area contributed by atoms with Gasteiger partial charge in [0.15, 0.2) is 5.78 Å². The molecule has 2 aromatic rings. The molecule has 26 heavy (non-hydrogen) atoms. The first-order valence-corrected chi connectivity index (χ1v) is 9.14. The summed E-state index contributed by atoms with van der Waals surface area (Å²) >= 11 is 0. The Morgan fingerprint density at radius 2 is 1.42 bits per heavy atom. The average molecular weight is 354 g/mol. The zero-order chi connectivity index (χ0) is 18.9. The molecule has 0 aromatic heterocycles. The third-order valence-electron chi connectivity index (χ3n) is 4.23. The fourth-order valence-corrected chi connectivity index (χ4v) is 2.26. The molecule has 0 aliphatic carbocycles. The molecule has 138 valence electrons. The number of ether oxygens (including phenoxy) is 2. The van der Waals surface area contributed by atoms with Gasteiger partial charge in [-0.25, -0.2) is 0 Å². The first kappa shape index (κ1) is 19.7. The van der Waals surface area contributed by atoms with Crippen LogP contribution in [0.5, 0.6) is 11.5 Å². The number of unbranched alkanes of at least 4 members (excludes halogenated alkanes) is 1. The molecular formula is C22H26O4. The Kier molecular flexibility index (Phi) is 7.39. The molecule has 0 radical (unpaired) electrons. The van der Waals surface area contributed by atoms with Crippen LogP contribution in [0.2, 0.25) is 0 Å². The van der Waals surface area contributed by atoms with Gasteiger partial charge in [0, 0.05) is 11.1 Å². The van der Waals surface area contributed by atoms with Crippen LogP contribution in [0.3, 0.4) is 0 Å². The van der Waals surface area contributed by atoms with Crippen LogP contribution in [0.1, 0.15) is 56.0 Å². The van der Waals surface area contributed by atoms with Crippen molar-refractivity contribution in [3.8, 4) is 11.5 Å². The van der Waals surface area contributed by atoms with E-state index in [4.69, 9.17) is 9.47 Å². The van der Waals surface area contributed by atoms with Gasteiger partial charge in [0.25, 0.3) is 0 Å². The number of ketones is 1. The molecule has 0 saturated carbocycles. The number of hydrogen-bond donors (Lipinski definition) is 0. The summed E-state index contributed by atoms with van der Waals surface area (Å²) in [7, 11) is 0. The second-order valence-electron chi connectivity index (χ2n) is 6.31. The third kappa shape index (κ3) is 5.45. The maximum Gasteiger partial charge on any atom is 0.314 e. The summed E-state index contributed by atoms with van der Waals surface area (Å²) in [5.41, 5.74) is 1.14. The van der Waals surface area contributed by atoms with Crippen LogP contribution in [-0.4, -0.2) is 18.4 Å². The van der Waals surface area contributed by atoms with Crippen molar-refractivity contribution in [3.63, 3.8) is 0 Å². The van der Waals surface area contributed by atoms with E-state index in [1.54, 1.807) is 36.4 Å². The summed E-state index contributed by atoms with van der Waals surface area (Å²) in [6.07, 6.45) is 2.82. The van der Waals surface area contributed by atoms with E-state index in [-0.39, 0.29) is 17.7 Å². The van der Waals surface area contributed by atoms with E-state index in [2.05, 4.69) is 6.92 Å². The second-order valence-corrected chi connectivity index (χ2v) is 6.31. The predicted molar refractivity (Wildman–Crippen MR) is 102 cm³/mol. The Bertz CT molecular complexity index is 717. The monoisotopic (exact) mass is 354 g/mol. The molecule has 1 atom stereocenters. The molecule has 0 N–H and O–H groups in total. The average Bonchev–Trinajstić information content (AvgIpc) is 2.68. The van der Waals surface area contributed by atoms with Crippen LogP contribution in [-0.2, 0) is 4.79 Å². The van der Waals surface area contributed by atoms with Crippen LogP contribution in [0.15, 0.2) is 48.5 Å². The molecular weight excluding hydrogens is 328 g/mol. The summed E-state index contributed by atoms with van der Waals surface area (Å²) in [5, 5.41) is 0. The molecule has 0 amide bonds. The van der Waals surface area contributed by atoms with Gasteiger partial charge in [-0.1, -0.05) is 27.2 Å². The van der Waals surface area contributed by atoms with Gasteiger partial charge in [-0.05, 0) is 61.4 Å². The molecule has 0 spiro atoms. The third-order valence-corrected chi connectivity index (χ3v) is 4.23. The number of carbonyl (C=O) groups is 2. The van der Waals surface area contributed by atoms with Crippen LogP contribution in [0.4, 0.5) is 0 Å². The van der Waals surface area contributed by atoms with Gasteiger partial charge >= 0.3 is 5.97 Å². The highest BCUT2D eigenvalue weighted by Gasteiger charge is 2.14. The molecule has 0 saturated heterocycles. The predicted octanol–water partition coefficient (Wildman–Crippen LogP) is 5.05. The normalized spacial score (nSPS) is 11.7. The minimum atomic E-state index is -0.259. The largest absolute Gasteiger partial charge is 0.494 e. The Hall–Kier alpha value is -2.62. The number of hydrogen-bond acceptors (Lipinski definition) is 4. The lowest BCUT2D eigenvalue weighted by atomic mass is 10.0. The maximum absolute atomic E-state index is 12.6. The van der Waals surface area contributed by atoms with Crippen LogP contribution < -0.4 is 9.47 Å². The Balaban J connectivity index is 2.00. The molecule has 0 bridgehead atoms. The van der Waals surface area contributed by atoms with Crippen LogP contribution in [0.25, 0.3) is 0 Å².